The van der Waals surface area contributed by atoms with E-state index in [9.17, 15) is 18.0 Å². The summed E-state index contributed by atoms with van der Waals surface area (Å²) in [6.07, 6.45) is 0. The molecule has 0 bridgehead atoms. The summed E-state index contributed by atoms with van der Waals surface area (Å²) < 4.78 is 51.2. The number of nitrogens with one attached hydrogen (secondary N) is 1. The first-order valence-electron chi connectivity index (χ1n) is 6.46. The van der Waals surface area contributed by atoms with E-state index in [4.69, 9.17) is 33.0 Å². The van der Waals surface area contributed by atoms with Crippen molar-refractivity contribution in [2.24, 2.45) is 0 Å². The highest BCUT2D eigenvalue weighted by Crippen LogP contribution is 2.42. The van der Waals surface area contributed by atoms with Crippen LogP contribution < -0.4 is 14.8 Å². The predicted octanol–water partition coefficient (Wildman–Crippen LogP) is 4.10. The molecule has 0 atom stereocenters. The lowest BCUT2D eigenvalue weighted by Gasteiger charge is -2.14. The Morgan fingerprint density at radius 3 is 2.40 bits per heavy atom. The molecular formula is C14H9Cl2F3N2O4. The third kappa shape index (κ3) is 3.99. The SMILES string of the molecule is COc1ccc(Oc2c(Cl)c(F)nc(NCC(=O)O)c2Cl)c(F)c1F. The minimum atomic E-state index is -1.41. The van der Waals surface area contributed by atoms with Crippen molar-refractivity contribution in [1.82, 2.24) is 4.98 Å². The lowest BCUT2D eigenvalue weighted by Crippen LogP contribution is -2.14. The molecule has 1 aromatic carbocycles. The van der Waals surface area contributed by atoms with Gasteiger partial charge in [0.25, 0.3) is 0 Å². The van der Waals surface area contributed by atoms with E-state index in [1.54, 1.807) is 0 Å². The van der Waals surface area contributed by atoms with Crippen molar-refractivity contribution < 1.29 is 32.5 Å². The van der Waals surface area contributed by atoms with Gasteiger partial charge in [0.05, 0.1) is 7.11 Å². The molecule has 11 heteroatoms. The topological polar surface area (TPSA) is 80.7 Å². The zero-order valence-electron chi connectivity index (χ0n) is 12.4. The van der Waals surface area contributed by atoms with Crippen molar-refractivity contribution in [3.05, 3.63) is 39.8 Å². The molecule has 0 aliphatic rings. The summed E-state index contributed by atoms with van der Waals surface area (Å²) in [5.74, 6) is -7.22. The molecule has 1 heterocycles. The minimum absolute atomic E-state index is 0.369. The van der Waals surface area contributed by atoms with Crippen LogP contribution in [0.5, 0.6) is 17.2 Å². The number of carboxylic acid groups (broad SMARTS) is 1. The van der Waals surface area contributed by atoms with Crippen molar-refractivity contribution in [2.75, 3.05) is 19.0 Å². The molecule has 0 saturated carbocycles. The van der Waals surface area contributed by atoms with Crippen molar-refractivity contribution in [3.8, 4) is 17.2 Å². The number of ether oxygens (including phenoxy) is 2. The van der Waals surface area contributed by atoms with E-state index in [1.807, 2.05) is 0 Å². The Bertz CT molecular complexity index is 836. The molecule has 134 valence electrons. The number of benzene rings is 1. The predicted molar refractivity (Wildman–Crippen MR) is 83.3 cm³/mol. The Labute approximate surface area is 149 Å². The average molecular weight is 397 g/mol. The maximum Gasteiger partial charge on any atom is 0.322 e. The van der Waals surface area contributed by atoms with Crippen LogP contribution in [0.1, 0.15) is 0 Å². The number of aliphatic carboxylic acids is 1. The van der Waals surface area contributed by atoms with Gasteiger partial charge >= 0.3 is 5.97 Å². The second-order valence-corrected chi connectivity index (χ2v) is 5.21. The number of pyridine rings is 1. The smallest absolute Gasteiger partial charge is 0.322 e. The third-order valence-electron chi connectivity index (χ3n) is 2.85. The first-order chi connectivity index (χ1) is 11.8. The molecule has 0 aliphatic carbocycles. The van der Waals surface area contributed by atoms with Gasteiger partial charge in [-0.15, -0.1) is 0 Å². The standard InChI is InChI=1S/C14H9Cl2F3N2O4/c1-24-5-2-3-6(11(18)10(5)17)25-12-8(15)13(19)21-14(9(12)16)20-4-7(22)23/h2-3H,4H2,1H3,(H,20,21)(H,22,23). The highest BCUT2D eigenvalue weighted by molar-refractivity contribution is 6.38. The van der Waals surface area contributed by atoms with E-state index in [2.05, 4.69) is 15.0 Å². The molecule has 1 aromatic heterocycles. The third-order valence-corrected chi connectivity index (χ3v) is 3.53. The average Bonchev–Trinajstić information content (AvgIpc) is 2.57. The maximum absolute atomic E-state index is 14.0. The second-order valence-electron chi connectivity index (χ2n) is 4.45. The van der Waals surface area contributed by atoms with Crippen LogP contribution in [0.2, 0.25) is 10.0 Å². The fraction of sp³-hybridized carbons (Fsp3) is 0.143. The number of carbonyl (C=O) groups is 1. The highest BCUT2D eigenvalue weighted by atomic mass is 35.5. The number of anilines is 1. The maximum atomic E-state index is 14.0. The number of carboxylic acids is 1. The Morgan fingerprint density at radius 1 is 1.20 bits per heavy atom. The van der Waals surface area contributed by atoms with Gasteiger partial charge in [-0.1, -0.05) is 23.2 Å². The number of nitrogens with zero attached hydrogens (tertiary/aromatic N) is 1. The van der Waals surface area contributed by atoms with Crippen molar-refractivity contribution in [1.29, 1.82) is 0 Å². The summed E-state index contributed by atoms with van der Waals surface area (Å²) in [5.41, 5.74) is 0. The van der Waals surface area contributed by atoms with Crippen LogP contribution in [0.15, 0.2) is 12.1 Å². The summed E-state index contributed by atoms with van der Waals surface area (Å²) in [7, 11) is 1.14. The second kappa shape index (κ2) is 7.66. The molecule has 0 aliphatic heterocycles. The zero-order chi connectivity index (χ0) is 18.7. The van der Waals surface area contributed by atoms with Crippen LogP contribution in [0.3, 0.4) is 0 Å². The zero-order valence-corrected chi connectivity index (χ0v) is 13.9. The Morgan fingerprint density at radius 2 is 1.80 bits per heavy atom. The number of methoxy groups -OCH3 is 1. The normalized spacial score (nSPS) is 10.5. The van der Waals surface area contributed by atoms with Gasteiger partial charge in [-0.2, -0.15) is 18.2 Å². The van der Waals surface area contributed by atoms with E-state index in [-0.39, 0.29) is 5.75 Å². The molecule has 0 saturated heterocycles. The molecule has 25 heavy (non-hydrogen) atoms. The molecule has 2 N–H and O–H groups in total. The van der Waals surface area contributed by atoms with Gasteiger partial charge in [-0.05, 0) is 12.1 Å². The summed E-state index contributed by atoms with van der Waals surface area (Å²) in [5, 5.41) is 9.76. The van der Waals surface area contributed by atoms with Gasteiger partial charge in [0.15, 0.2) is 23.1 Å². The fourth-order valence-electron chi connectivity index (χ4n) is 1.72. The first-order valence-corrected chi connectivity index (χ1v) is 7.21. The Kier molecular flexibility index (Phi) is 5.81. The van der Waals surface area contributed by atoms with Crippen LogP contribution in [0.4, 0.5) is 19.0 Å². The van der Waals surface area contributed by atoms with E-state index in [0.717, 1.165) is 19.2 Å². The van der Waals surface area contributed by atoms with Crippen LogP contribution >= 0.6 is 23.2 Å². The van der Waals surface area contributed by atoms with Crippen molar-refractivity contribution in [2.45, 2.75) is 0 Å². The van der Waals surface area contributed by atoms with Gasteiger partial charge in [0.1, 0.15) is 16.6 Å². The number of rotatable bonds is 6. The lowest BCUT2D eigenvalue weighted by molar-refractivity contribution is -0.134. The Balaban J connectivity index is 2.45. The molecule has 0 spiro atoms. The monoisotopic (exact) mass is 396 g/mol. The molecule has 0 unspecified atom stereocenters. The van der Waals surface area contributed by atoms with Gasteiger partial charge in [0, 0.05) is 0 Å². The summed E-state index contributed by atoms with van der Waals surface area (Å²) in [6.45, 7) is -0.626. The molecular weight excluding hydrogens is 388 g/mol. The molecule has 0 fully saturated rings. The van der Waals surface area contributed by atoms with Crippen molar-refractivity contribution >= 4 is 35.0 Å². The van der Waals surface area contributed by atoms with Crippen LogP contribution in [0.25, 0.3) is 0 Å². The molecule has 0 amide bonds. The summed E-state index contributed by atoms with van der Waals surface area (Å²) in [6, 6.07) is 2.10. The fourth-order valence-corrected chi connectivity index (χ4v) is 2.19. The van der Waals surface area contributed by atoms with Gasteiger partial charge < -0.3 is 19.9 Å². The largest absolute Gasteiger partial charge is 0.494 e. The lowest BCUT2D eigenvalue weighted by atomic mass is 10.3. The quantitative estimate of drug-likeness (QED) is 0.715. The first kappa shape index (κ1) is 18.9. The highest BCUT2D eigenvalue weighted by Gasteiger charge is 2.23. The van der Waals surface area contributed by atoms with Gasteiger partial charge in [0.2, 0.25) is 17.6 Å². The summed E-state index contributed by atoms with van der Waals surface area (Å²) >= 11 is 11.6. The van der Waals surface area contributed by atoms with Gasteiger partial charge in [-0.25, -0.2) is 0 Å². The minimum Gasteiger partial charge on any atom is -0.494 e. The van der Waals surface area contributed by atoms with Gasteiger partial charge in [-0.3, -0.25) is 4.79 Å². The number of halogens is 5. The van der Waals surface area contributed by atoms with Crippen molar-refractivity contribution in [3.63, 3.8) is 0 Å². The molecule has 2 aromatic rings. The van der Waals surface area contributed by atoms with E-state index in [0.29, 0.717) is 0 Å². The Hall–Kier alpha value is -2.39. The molecule has 2 rings (SSSR count). The van der Waals surface area contributed by atoms with Crippen LogP contribution in [0, 0.1) is 17.6 Å². The van der Waals surface area contributed by atoms with Crippen LogP contribution in [-0.4, -0.2) is 29.7 Å². The molecule has 0 radical (unpaired) electrons. The van der Waals surface area contributed by atoms with E-state index >= 15 is 0 Å². The van der Waals surface area contributed by atoms with E-state index in [1.165, 1.54) is 0 Å². The summed E-state index contributed by atoms with van der Waals surface area (Å²) in [4.78, 5) is 13.9. The van der Waals surface area contributed by atoms with E-state index < -0.39 is 57.5 Å². The number of hydrogen-bond donors (Lipinski definition) is 2. The number of hydrogen-bond acceptors (Lipinski definition) is 5. The molecule has 6 nitrogen and oxygen atoms in total. The number of aromatic nitrogens is 1. The van der Waals surface area contributed by atoms with Crippen LogP contribution in [-0.2, 0) is 4.79 Å².